The van der Waals surface area contributed by atoms with Gasteiger partial charge in [0.1, 0.15) is 12.4 Å². The molecule has 0 bridgehead atoms. The first-order valence-electron chi connectivity index (χ1n) is 5.15. The number of benzene rings is 1. The molecule has 0 atom stereocenters. The first-order chi connectivity index (χ1) is 7.90. The normalized spacial score (nSPS) is 10.1. The second-order valence-corrected chi connectivity index (χ2v) is 3.31. The highest BCUT2D eigenvalue weighted by Crippen LogP contribution is 2.20. The molecule has 1 aromatic carbocycles. The molecule has 2 rings (SSSR count). The number of aliphatic hydroxyl groups excluding tert-OH is 1. The van der Waals surface area contributed by atoms with Gasteiger partial charge in [0.2, 0.25) is 0 Å². The fraction of sp³-hybridized carbons (Fsp3) is 0.154. The fourth-order valence-electron chi connectivity index (χ4n) is 1.42. The van der Waals surface area contributed by atoms with Gasteiger partial charge >= 0.3 is 0 Å². The quantitative estimate of drug-likeness (QED) is 0.849. The van der Waals surface area contributed by atoms with Crippen molar-refractivity contribution >= 4 is 0 Å². The minimum absolute atomic E-state index is 0.0298. The van der Waals surface area contributed by atoms with Crippen molar-refractivity contribution in [3.63, 3.8) is 0 Å². The predicted octanol–water partition coefficient (Wildman–Crippen LogP) is 2.12. The molecule has 82 valence electrons. The van der Waals surface area contributed by atoms with Gasteiger partial charge in [0, 0.05) is 11.8 Å². The highest BCUT2D eigenvalue weighted by atomic mass is 16.5. The van der Waals surface area contributed by atoms with Crippen LogP contribution in [0.25, 0.3) is 11.3 Å². The molecule has 0 aliphatic heterocycles. The number of pyridine rings is 1. The van der Waals surface area contributed by atoms with Gasteiger partial charge in [-0.3, -0.25) is 4.98 Å². The number of hydrogen-bond donors (Lipinski definition) is 1. The maximum atomic E-state index is 8.63. The molecule has 0 aliphatic carbocycles. The third kappa shape index (κ3) is 2.58. The lowest BCUT2D eigenvalue weighted by atomic mass is 10.1. The molecule has 1 heterocycles. The van der Waals surface area contributed by atoms with Gasteiger partial charge in [-0.1, -0.05) is 6.07 Å². The summed E-state index contributed by atoms with van der Waals surface area (Å²) >= 11 is 0. The summed E-state index contributed by atoms with van der Waals surface area (Å²) in [6.07, 6.45) is 1.77. The van der Waals surface area contributed by atoms with Crippen LogP contribution in [0.3, 0.4) is 0 Å². The minimum atomic E-state index is 0.0298. The van der Waals surface area contributed by atoms with Gasteiger partial charge in [-0.15, -0.1) is 0 Å². The highest BCUT2D eigenvalue weighted by Gasteiger charge is 1.98. The van der Waals surface area contributed by atoms with E-state index in [1.807, 2.05) is 42.5 Å². The second kappa shape index (κ2) is 5.28. The highest BCUT2D eigenvalue weighted by molar-refractivity contribution is 5.59. The van der Waals surface area contributed by atoms with E-state index < -0.39 is 0 Å². The van der Waals surface area contributed by atoms with Crippen LogP contribution in [0.5, 0.6) is 5.75 Å². The molecule has 3 nitrogen and oxygen atoms in total. The lowest BCUT2D eigenvalue weighted by Gasteiger charge is -2.05. The maximum absolute atomic E-state index is 8.63. The van der Waals surface area contributed by atoms with Crippen LogP contribution in [-0.4, -0.2) is 23.3 Å². The molecule has 0 amide bonds. The first-order valence-corrected chi connectivity index (χ1v) is 5.15. The summed E-state index contributed by atoms with van der Waals surface area (Å²) in [6.45, 7) is 0.352. The number of ether oxygens (including phenoxy) is 1. The molecule has 3 heteroatoms. The molecule has 0 saturated heterocycles. The molecule has 0 saturated carbocycles. The van der Waals surface area contributed by atoms with Crippen molar-refractivity contribution in [2.45, 2.75) is 0 Å². The standard InChI is InChI=1S/C13H13NO2/c15-9-10-16-12-6-4-11(5-7-12)13-3-1-2-8-14-13/h1-8,15H,9-10H2. The van der Waals surface area contributed by atoms with E-state index in [-0.39, 0.29) is 6.61 Å². The average molecular weight is 215 g/mol. The smallest absolute Gasteiger partial charge is 0.119 e. The van der Waals surface area contributed by atoms with Gasteiger partial charge in [-0.2, -0.15) is 0 Å². The zero-order chi connectivity index (χ0) is 11.2. The van der Waals surface area contributed by atoms with Gasteiger partial charge in [0.05, 0.1) is 12.3 Å². The molecule has 1 aromatic heterocycles. The van der Waals surface area contributed by atoms with Crippen LogP contribution in [0.4, 0.5) is 0 Å². The van der Waals surface area contributed by atoms with Crippen LogP contribution in [0.1, 0.15) is 0 Å². The van der Waals surface area contributed by atoms with Gasteiger partial charge < -0.3 is 9.84 Å². The molecule has 1 N–H and O–H groups in total. The Morgan fingerprint density at radius 1 is 1.06 bits per heavy atom. The Labute approximate surface area is 94.3 Å². The zero-order valence-corrected chi connectivity index (χ0v) is 8.84. The van der Waals surface area contributed by atoms with Crippen molar-refractivity contribution in [1.29, 1.82) is 0 Å². The summed E-state index contributed by atoms with van der Waals surface area (Å²) in [4.78, 5) is 4.26. The molecule has 0 aliphatic rings. The van der Waals surface area contributed by atoms with Crippen LogP contribution < -0.4 is 4.74 Å². The lowest BCUT2D eigenvalue weighted by molar-refractivity contribution is 0.201. The van der Waals surface area contributed by atoms with Gasteiger partial charge in [-0.05, 0) is 36.4 Å². The molecule has 0 unspecified atom stereocenters. The molecular weight excluding hydrogens is 202 g/mol. The monoisotopic (exact) mass is 215 g/mol. The third-order valence-corrected chi connectivity index (χ3v) is 2.17. The number of rotatable bonds is 4. The average Bonchev–Trinajstić information content (AvgIpc) is 2.38. The Kier molecular flexibility index (Phi) is 3.51. The number of aromatic nitrogens is 1. The van der Waals surface area contributed by atoms with Crippen LogP contribution in [0, 0.1) is 0 Å². The van der Waals surface area contributed by atoms with Gasteiger partial charge in [-0.25, -0.2) is 0 Å². The fourth-order valence-corrected chi connectivity index (χ4v) is 1.42. The summed E-state index contributed by atoms with van der Waals surface area (Å²) in [5, 5.41) is 8.63. The van der Waals surface area contributed by atoms with Crippen molar-refractivity contribution in [3.05, 3.63) is 48.7 Å². The number of hydrogen-bond acceptors (Lipinski definition) is 3. The van der Waals surface area contributed by atoms with E-state index in [4.69, 9.17) is 9.84 Å². The van der Waals surface area contributed by atoms with Crippen molar-refractivity contribution in [2.24, 2.45) is 0 Å². The topological polar surface area (TPSA) is 42.4 Å². The summed E-state index contributed by atoms with van der Waals surface area (Å²) in [7, 11) is 0. The summed E-state index contributed by atoms with van der Waals surface area (Å²) in [6, 6.07) is 13.5. The summed E-state index contributed by atoms with van der Waals surface area (Å²) in [5.74, 6) is 0.758. The van der Waals surface area contributed by atoms with Crippen LogP contribution in [0.15, 0.2) is 48.7 Å². The van der Waals surface area contributed by atoms with Crippen molar-refractivity contribution in [2.75, 3.05) is 13.2 Å². The van der Waals surface area contributed by atoms with Crippen molar-refractivity contribution in [1.82, 2.24) is 4.98 Å². The van der Waals surface area contributed by atoms with Crippen LogP contribution in [0.2, 0.25) is 0 Å². The molecule has 0 radical (unpaired) electrons. The van der Waals surface area contributed by atoms with Gasteiger partial charge in [0.25, 0.3) is 0 Å². The summed E-state index contributed by atoms with van der Waals surface area (Å²) in [5.41, 5.74) is 1.99. The van der Waals surface area contributed by atoms with Crippen molar-refractivity contribution in [3.8, 4) is 17.0 Å². The van der Waals surface area contributed by atoms with E-state index in [9.17, 15) is 0 Å². The zero-order valence-electron chi connectivity index (χ0n) is 8.84. The van der Waals surface area contributed by atoms with E-state index in [1.165, 1.54) is 0 Å². The first kappa shape index (κ1) is 10.6. The second-order valence-electron chi connectivity index (χ2n) is 3.31. The Bertz CT molecular complexity index is 425. The minimum Gasteiger partial charge on any atom is -0.491 e. The Morgan fingerprint density at radius 3 is 2.50 bits per heavy atom. The Balaban J connectivity index is 2.13. The Hall–Kier alpha value is -1.87. The number of aliphatic hydroxyl groups is 1. The largest absolute Gasteiger partial charge is 0.491 e. The van der Waals surface area contributed by atoms with E-state index >= 15 is 0 Å². The van der Waals surface area contributed by atoms with Gasteiger partial charge in [0.15, 0.2) is 0 Å². The maximum Gasteiger partial charge on any atom is 0.119 e. The SMILES string of the molecule is OCCOc1ccc(-c2ccccn2)cc1. The Morgan fingerprint density at radius 2 is 1.88 bits per heavy atom. The lowest BCUT2D eigenvalue weighted by Crippen LogP contribution is -2.01. The van der Waals surface area contributed by atoms with E-state index in [0.717, 1.165) is 17.0 Å². The van der Waals surface area contributed by atoms with Crippen molar-refractivity contribution < 1.29 is 9.84 Å². The van der Waals surface area contributed by atoms with E-state index in [2.05, 4.69) is 4.98 Å². The van der Waals surface area contributed by atoms with Crippen LogP contribution >= 0.6 is 0 Å². The summed E-state index contributed by atoms with van der Waals surface area (Å²) < 4.78 is 5.28. The molecule has 2 aromatic rings. The molecule has 16 heavy (non-hydrogen) atoms. The van der Waals surface area contributed by atoms with Crippen LogP contribution in [-0.2, 0) is 0 Å². The third-order valence-electron chi connectivity index (χ3n) is 2.17. The van der Waals surface area contributed by atoms with E-state index in [1.54, 1.807) is 6.20 Å². The molecular formula is C13H13NO2. The number of nitrogens with zero attached hydrogens (tertiary/aromatic N) is 1. The van der Waals surface area contributed by atoms with E-state index in [0.29, 0.717) is 6.61 Å². The molecule has 0 fully saturated rings. The molecule has 0 spiro atoms. The predicted molar refractivity (Wildman–Crippen MR) is 62.3 cm³/mol.